The zero-order valence-corrected chi connectivity index (χ0v) is 12.5. The van der Waals surface area contributed by atoms with E-state index in [4.69, 9.17) is 0 Å². The smallest absolute Gasteiger partial charge is 0.140 e. The van der Waals surface area contributed by atoms with Crippen molar-refractivity contribution >= 4 is 37.7 Å². The molecule has 4 nitrogen and oxygen atoms in total. The molecule has 2 rings (SSSR count). The van der Waals surface area contributed by atoms with Crippen LogP contribution in [0.3, 0.4) is 0 Å². The van der Waals surface area contributed by atoms with Gasteiger partial charge < -0.3 is 9.88 Å². The van der Waals surface area contributed by atoms with Gasteiger partial charge in [0.2, 0.25) is 0 Å². The molecule has 0 fully saturated rings. The molecule has 0 aromatic carbocycles. The number of imidazole rings is 1. The summed E-state index contributed by atoms with van der Waals surface area (Å²) in [5.74, 6) is 1.91. The minimum Gasteiger partial charge on any atom is -0.369 e. The van der Waals surface area contributed by atoms with Crippen LogP contribution in [0.15, 0.2) is 33.6 Å². The summed E-state index contributed by atoms with van der Waals surface area (Å²) < 4.78 is 3.93. The van der Waals surface area contributed by atoms with Crippen LogP contribution < -0.4 is 5.32 Å². The van der Waals surface area contributed by atoms with Crippen LogP contribution in [-0.4, -0.2) is 21.1 Å². The van der Waals surface area contributed by atoms with Gasteiger partial charge >= 0.3 is 0 Å². The molecule has 2 aromatic heterocycles. The van der Waals surface area contributed by atoms with E-state index in [9.17, 15) is 0 Å². The summed E-state index contributed by atoms with van der Waals surface area (Å²) >= 11 is 6.84. The third kappa shape index (κ3) is 3.29. The first kappa shape index (κ1) is 12.6. The highest BCUT2D eigenvalue weighted by Gasteiger charge is 2.03. The van der Waals surface area contributed by atoms with E-state index in [1.54, 1.807) is 6.20 Å². The number of aromatic nitrogens is 3. The highest BCUT2D eigenvalue weighted by Crippen LogP contribution is 2.23. The van der Waals surface area contributed by atoms with Gasteiger partial charge in [0.05, 0.1) is 4.47 Å². The third-order valence-electron chi connectivity index (χ3n) is 2.37. The summed E-state index contributed by atoms with van der Waals surface area (Å²) in [7, 11) is 2.00. The molecule has 0 spiro atoms. The number of nitrogens with zero attached hydrogens (tertiary/aromatic N) is 3. The largest absolute Gasteiger partial charge is 0.369 e. The molecule has 0 aliphatic carbocycles. The molecule has 0 bridgehead atoms. The molecule has 0 saturated heterocycles. The summed E-state index contributed by atoms with van der Waals surface area (Å²) in [5, 5.41) is 3.27. The molecule has 2 aromatic rings. The second-order valence-electron chi connectivity index (χ2n) is 3.62. The molecule has 1 N–H and O–H groups in total. The number of pyridine rings is 1. The Morgan fingerprint density at radius 1 is 1.35 bits per heavy atom. The fraction of sp³-hybridized carbons (Fsp3) is 0.273. The number of nitrogens with one attached hydrogen (secondary N) is 1. The van der Waals surface area contributed by atoms with Crippen LogP contribution in [0.1, 0.15) is 5.82 Å². The van der Waals surface area contributed by atoms with Crippen molar-refractivity contribution in [3.63, 3.8) is 0 Å². The van der Waals surface area contributed by atoms with E-state index < -0.39 is 0 Å². The van der Waals surface area contributed by atoms with Crippen molar-refractivity contribution in [2.24, 2.45) is 7.05 Å². The van der Waals surface area contributed by atoms with Crippen molar-refractivity contribution in [2.75, 3.05) is 11.9 Å². The Morgan fingerprint density at radius 2 is 2.18 bits per heavy atom. The lowest BCUT2D eigenvalue weighted by atomic mass is 10.4. The topological polar surface area (TPSA) is 42.7 Å². The molecule has 0 atom stereocenters. The first-order valence-electron chi connectivity index (χ1n) is 5.18. The van der Waals surface area contributed by atoms with Gasteiger partial charge in [-0.25, -0.2) is 9.97 Å². The van der Waals surface area contributed by atoms with Gasteiger partial charge in [-0.05, 0) is 37.9 Å². The van der Waals surface area contributed by atoms with Crippen LogP contribution in [0.5, 0.6) is 0 Å². The molecule has 0 radical (unpaired) electrons. The lowest BCUT2D eigenvalue weighted by Gasteiger charge is -2.07. The molecule has 0 amide bonds. The van der Waals surface area contributed by atoms with Gasteiger partial charge in [-0.2, -0.15) is 0 Å². The summed E-state index contributed by atoms with van der Waals surface area (Å²) in [5.41, 5.74) is 0. The number of anilines is 1. The summed E-state index contributed by atoms with van der Waals surface area (Å²) in [6, 6.07) is 1.97. The van der Waals surface area contributed by atoms with Crippen LogP contribution in [0.25, 0.3) is 0 Å². The Balaban J connectivity index is 1.92. The van der Waals surface area contributed by atoms with Gasteiger partial charge in [0.15, 0.2) is 0 Å². The normalized spacial score (nSPS) is 10.5. The average molecular weight is 360 g/mol. The molecule has 2 heterocycles. The van der Waals surface area contributed by atoms with Crippen LogP contribution >= 0.6 is 31.9 Å². The van der Waals surface area contributed by atoms with E-state index in [0.29, 0.717) is 0 Å². The molecule has 0 unspecified atom stereocenters. The van der Waals surface area contributed by atoms with Gasteiger partial charge in [0.25, 0.3) is 0 Å². The fourth-order valence-corrected chi connectivity index (χ4v) is 2.60. The number of hydrogen-bond donors (Lipinski definition) is 1. The van der Waals surface area contributed by atoms with Gasteiger partial charge in [0.1, 0.15) is 11.6 Å². The highest BCUT2D eigenvalue weighted by atomic mass is 79.9. The molecule has 90 valence electrons. The fourth-order valence-electron chi connectivity index (χ4n) is 1.47. The Kier molecular flexibility index (Phi) is 4.17. The summed E-state index contributed by atoms with van der Waals surface area (Å²) in [6.45, 7) is 0.804. The maximum Gasteiger partial charge on any atom is 0.140 e. The first-order chi connectivity index (χ1) is 8.16. The monoisotopic (exact) mass is 358 g/mol. The number of halogens is 2. The molecule has 6 heteroatoms. The van der Waals surface area contributed by atoms with Crippen molar-refractivity contribution in [1.29, 1.82) is 0 Å². The molecular weight excluding hydrogens is 348 g/mol. The van der Waals surface area contributed by atoms with Gasteiger partial charge in [0, 0.05) is 43.1 Å². The minimum atomic E-state index is 0.804. The summed E-state index contributed by atoms with van der Waals surface area (Å²) in [6.07, 6.45) is 6.40. The van der Waals surface area contributed by atoms with Crippen LogP contribution in [0, 0.1) is 0 Å². The quantitative estimate of drug-likeness (QED) is 0.912. The lowest BCUT2D eigenvalue weighted by Crippen LogP contribution is -2.09. The highest BCUT2D eigenvalue weighted by molar-refractivity contribution is 9.11. The Labute approximate surface area is 117 Å². The lowest BCUT2D eigenvalue weighted by molar-refractivity contribution is 0.788. The van der Waals surface area contributed by atoms with Gasteiger partial charge in [-0.3, -0.25) is 0 Å². The van der Waals surface area contributed by atoms with E-state index in [-0.39, 0.29) is 0 Å². The van der Waals surface area contributed by atoms with Crippen molar-refractivity contribution in [1.82, 2.24) is 14.5 Å². The van der Waals surface area contributed by atoms with E-state index in [1.165, 1.54) is 0 Å². The second-order valence-corrected chi connectivity index (χ2v) is 5.39. The van der Waals surface area contributed by atoms with E-state index >= 15 is 0 Å². The predicted molar refractivity (Wildman–Crippen MR) is 75.0 cm³/mol. The van der Waals surface area contributed by atoms with Crippen molar-refractivity contribution in [3.05, 3.63) is 39.4 Å². The Bertz CT molecular complexity index is 510. The Hall–Kier alpha value is -0.880. The van der Waals surface area contributed by atoms with E-state index in [2.05, 4.69) is 47.1 Å². The maximum atomic E-state index is 4.29. The summed E-state index contributed by atoms with van der Waals surface area (Å²) in [4.78, 5) is 8.55. The molecule has 0 saturated carbocycles. The van der Waals surface area contributed by atoms with Crippen molar-refractivity contribution < 1.29 is 0 Å². The SMILES string of the molecule is Cn1ccnc1CCNc1ncc(Br)cc1Br. The van der Waals surface area contributed by atoms with Crippen LogP contribution in [0.4, 0.5) is 5.82 Å². The first-order valence-corrected chi connectivity index (χ1v) is 6.76. The zero-order valence-electron chi connectivity index (χ0n) is 9.32. The number of aryl methyl sites for hydroxylation is 1. The van der Waals surface area contributed by atoms with Crippen molar-refractivity contribution in [3.8, 4) is 0 Å². The van der Waals surface area contributed by atoms with Crippen molar-refractivity contribution in [2.45, 2.75) is 6.42 Å². The Morgan fingerprint density at radius 3 is 2.82 bits per heavy atom. The van der Waals surface area contributed by atoms with Gasteiger partial charge in [-0.15, -0.1) is 0 Å². The van der Waals surface area contributed by atoms with Crippen LogP contribution in [-0.2, 0) is 13.5 Å². The number of hydrogen-bond acceptors (Lipinski definition) is 3. The molecule has 17 heavy (non-hydrogen) atoms. The average Bonchev–Trinajstić information content (AvgIpc) is 2.68. The third-order valence-corrected chi connectivity index (χ3v) is 3.41. The zero-order chi connectivity index (χ0) is 12.3. The van der Waals surface area contributed by atoms with E-state index in [0.717, 1.165) is 33.6 Å². The second kappa shape index (κ2) is 5.64. The number of rotatable bonds is 4. The maximum absolute atomic E-state index is 4.29. The molecule has 0 aliphatic rings. The van der Waals surface area contributed by atoms with E-state index in [1.807, 2.05) is 30.1 Å². The standard InChI is InChI=1S/C11H12Br2N4/c1-17-5-4-14-10(17)2-3-15-11-9(13)6-8(12)7-16-11/h4-7H,2-3H2,1H3,(H,15,16). The minimum absolute atomic E-state index is 0.804. The van der Waals surface area contributed by atoms with Crippen LogP contribution in [0.2, 0.25) is 0 Å². The van der Waals surface area contributed by atoms with Gasteiger partial charge in [-0.1, -0.05) is 0 Å². The molecule has 0 aliphatic heterocycles. The predicted octanol–water partition coefficient (Wildman–Crippen LogP) is 2.99. The molecular formula is C11H12Br2N4.